The van der Waals surface area contributed by atoms with E-state index in [2.05, 4.69) is 16.4 Å². The summed E-state index contributed by atoms with van der Waals surface area (Å²) in [5.74, 6) is -0.426. The molecular formula is C33H35N5O5S. The SMILES string of the molecule is Cc1csc(CNC(=O)C2CCCN2C(=O)CNC(=O)c2ccc3oc4ccccc4c3c2)c1.N=CN.Oc1ccccc1. The van der Waals surface area contributed by atoms with Crippen LogP contribution >= 0.6 is 11.3 Å². The summed E-state index contributed by atoms with van der Waals surface area (Å²) < 4.78 is 5.81. The van der Waals surface area contributed by atoms with Gasteiger partial charge in [-0.15, -0.1) is 11.3 Å². The van der Waals surface area contributed by atoms with Gasteiger partial charge in [0, 0.05) is 27.8 Å². The summed E-state index contributed by atoms with van der Waals surface area (Å²) >= 11 is 1.60. The number of nitrogens with two attached hydrogens (primary N) is 1. The maximum atomic E-state index is 12.8. The molecule has 44 heavy (non-hydrogen) atoms. The molecule has 1 fully saturated rings. The second kappa shape index (κ2) is 15.4. The molecule has 2 aromatic heterocycles. The molecule has 0 aliphatic carbocycles. The van der Waals surface area contributed by atoms with Crippen LogP contribution in [-0.2, 0) is 16.1 Å². The first-order valence-corrected chi connectivity index (χ1v) is 14.9. The number of amides is 3. The number of likely N-dealkylation sites (tertiary alicyclic amines) is 1. The van der Waals surface area contributed by atoms with Crippen molar-refractivity contribution in [3.8, 4) is 5.75 Å². The first-order chi connectivity index (χ1) is 21.3. The predicted octanol–water partition coefficient (Wildman–Crippen LogP) is 4.94. The van der Waals surface area contributed by atoms with E-state index in [1.165, 1.54) is 5.56 Å². The van der Waals surface area contributed by atoms with Gasteiger partial charge in [0.05, 0.1) is 19.4 Å². The Hall–Kier alpha value is -5.16. The number of phenolic OH excluding ortho intramolecular Hbond substituents is 1. The van der Waals surface area contributed by atoms with Gasteiger partial charge in [-0.25, -0.2) is 0 Å². The molecule has 0 saturated carbocycles. The first kappa shape index (κ1) is 31.8. The van der Waals surface area contributed by atoms with E-state index in [0.29, 0.717) is 36.4 Å². The number of thiophene rings is 1. The van der Waals surface area contributed by atoms with Crippen LogP contribution in [-0.4, -0.2) is 53.2 Å². The molecule has 1 saturated heterocycles. The lowest BCUT2D eigenvalue weighted by Gasteiger charge is -2.24. The van der Waals surface area contributed by atoms with Crippen LogP contribution < -0.4 is 16.4 Å². The lowest BCUT2D eigenvalue weighted by molar-refractivity contribution is -0.137. The molecule has 3 heterocycles. The Morgan fingerprint density at radius 3 is 2.41 bits per heavy atom. The fourth-order valence-corrected chi connectivity index (χ4v) is 5.68. The molecule has 1 atom stereocenters. The zero-order valence-electron chi connectivity index (χ0n) is 24.3. The summed E-state index contributed by atoms with van der Waals surface area (Å²) in [6, 6.07) is 23.1. The summed E-state index contributed by atoms with van der Waals surface area (Å²) in [6.07, 6.45) is 2.14. The molecule has 6 N–H and O–H groups in total. The number of furan rings is 1. The van der Waals surface area contributed by atoms with Gasteiger partial charge >= 0.3 is 0 Å². The molecule has 3 amide bonds. The van der Waals surface area contributed by atoms with Crippen LogP contribution in [0.5, 0.6) is 5.75 Å². The summed E-state index contributed by atoms with van der Waals surface area (Å²) in [5, 5.41) is 24.0. The van der Waals surface area contributed by atoms with Crippen LogP contribution in [0.15, 0.2) is 88.7 Å². The third-order valence-corrected chi connectivity index (χ3v) is 7.95. The molecule has 1 aliphatic rings. The lowest BCUT2D eigenvalue weighted by atomic mass is 10.1. The highest BCUT2D eigenvalue weighted by Gasteiger charge is 2.34. The van der Waals surface area contributed by atoms with Crippen molar-refractivity contribution < 1.29 is 23.9 Å². The number of hydrogen-bond donors (Lipinski definition) is 5. The highest BCUT2D eigenvalue weighted by Crippen LogP contribution is 2.29. The molecule has 0 radical (unpaired) electrons. The van der Waals surface area contributed by atoms with Gasteiger partial charge < -0.3 is 30.8 Å². The Kier molecular flexibility index (Phi) is 11.1. The molecule has 6 rings (SSSR count). The Labute approximate surface area is 259 Å². The molecular weight excluding hydrogens is 578 g/mol. The van der Waals surface area contributed by atoms with Crippen LogP contribution in [0.1, 0.15) is 33.6 Å². The van der Waals surface area contributed by atoms with E-state index < -0.39 is 6.04 Å². The third kappa shape index (κ3) is 8.23. The second-order valence-electron chi connectivity index (χ2n) is 10.0. The van der Waals surface area contributed by atoms with Crippen LogP contribution in [0, 0.1) is 12.3 Å². The topological polar surface area (TPSA) is 162 Å². The number of aromatic hydroxyl groups is 1. The summed E-state index contributed by atoms with van der Waals surface area (Å²) in [7, 11) is 0. The smallest absolute Gasteiger partial charge is 0.251 e. The summed E-state index contributed by atoms with van der Waals surface area (Å²) in [5.41, 5.74) is 7.48. The van der Waals surface area contributed by atoms with E-state index in [1.54, 1.807) is 58.7 Å². The number of rotatable bonds is 6. The van der Waals surface area contributed by atoms with Gasteiger partial charge in [-0.05, 0) is 73.2 Å². The van der Waals surface area contributed by atoms with Crippen molar-refractivity contribution in [1.82, 2.24) is 15.5 Å². The summed E-state index contributed by atoms with van der Waals surface area (Å²) in [6.45, 7) is 2.83. The first-order valence-electron chi connectivity index (χ1n) is 14.1. The van der Waals surface area contributed by atoms with E-state index >= 15 is 0 Å². The predicted molar refractivity (Wildman–Crippen MR) is 173 cm³/mol. The van der Waals surface area contributed by atoms with E-state index in [-0.39, 0.29) is 24.3 Å². The van der Waals surface area contributed by atoms with Crippen LogP contribution in [0.2, 0.25) is 0 Å². The lowest BCUT2D eigenvalue weighted by Crippen LogP contribution is -2.48. The van der Waals surface area contributed by atoms with Gasteiger partial charge in [0.15, 0.2) is 0 Å². The van der Waals surface area contributed by atoms with Gasteiger partial charge in [0.1, 0.15) is 23.0 Å². The fourth-order valence-electron chi connectivity index (χ4n) is 4.87. The van der Waals surface area contributed by atoms with Gasteiger partial charge in [-0.1, -0.05) is 36.4 Å². The molecule has 11 heteroatoms. The molecule has 1 unspecified atom stereocenters. The number of benzene rings is 3. The molecule has 1 aliphatic heterocycles. The minimum Gasteiger partial charge on any atom is -0.508 e. The number of para-hydroxylation sites is 2. The minimum absolute atomic E-state index is 0.152. The van der Waals surface area contributed by atoms with Crippen molar-refractivity contribution in [3.05, 3.63) is 100 Å². The number of fused-ring (bicyclic) bond motifs is 3. The Bertz CT molecular complexity index is 1730. The summed E-state index contributed by atoms with van der Waals surface area (Å²) in [4.78, 5) is 41.0. The number of phenols is 1. The van der Waals surface area contributed by atoms with Crippen molar-refractivity contribution in [2.45, 2.75) is 32.4 Å². The maximum absolute atomic E-state index is 12.8. The van der Waals surface area contributed by atoms with Crippen LogP contribution in [0.3, 0.4) is 0 Å². The van der Waals surface area contributed by atoms with E-state index in [0.717, 1.165) is 34.0 Å². The molecule has 3 aromatic carbocycles. The molecule has 5 aromatic rings. The fraction of sp³-hybridized carbons (Fsp3) is 0.212. The van der Waals surface area contributed by atoms with Crippen LogP contribution in [0.4, 0.5) is 0 Å². The van der Waals surface area contributed by atoms with Crippen molar-refractivity contribution >= 4 is 57.3 Å². The van der Waals surface area contributed by atoms with Crippen molar-refractivity contribution in [3.63, 3.8) is 0 Å². The Balaban J connectivity index is 0.000000380. The molecule has 228 valence electrons. The minimum atomic E-state index is -0.501. The zero-order valence-corrected chi connectivity index (χ0v) is 25.1. The number of nitrogens with zero attached hydrogens (tertiary/aromatic N) is 1. The highest BCUT2D eigenvalue weighted by atomic mass is 32.1. The van der Waals surface area contributed by atoms with E-state index in [1.807, 2.05) is 48.7 Å². The Morgan fingerprint density at radius 2 is 1.73 bits per heavy atom. The number of aryl methyl sites for hydroxylation is 1. The average Bonchev–Trinajstić information content (AvgIpc) is 3.78. The van der Waals surface area contributed by atoms with Gasteiger partial charge in [-0.3, -0.25) is 19.8 Å². The monoisotopic (exact) mass is 613 g/mol. The number of carbonyl (C=O) groups excluding carboxylic acids is 3. The van der Waals surface area contributed by atoms with E-state index in [9.17, 15) is 14.4 Å². The third-order valence-electron chi connectivity index (χ3n) is 6.89. The largest absolute Gasteiger partial charge is 0.508 e. The van der Waals surface area contributed by atoms with Crippen LogP contribution in [0.25, 0.3) is 21.9 Å². The molecule has 0 spiro atoms. The molecule has 10 nitrogen and oxygen atoms in total. The van der Waals surface area contributed by atoms with Crippen molar-refractivity contribution in [1.29, 1.82) is 5.41 Å². The van der Waals surface area contributed by atoms with Gasteiger partial charge in [0.2, 0.25) is 11.8 Å². The number of nitrogens with one attached hydrogen (secondary N) is 3. The second-order valence-corrected chi connectivity index (χ2v) is 11.0. The Morgan fingerprint density at radius 1 is 1.02 bits per heavy atom. The van der Waals surface area contributed by atoms with Crippen molar-refractivity contribution in [2.75, 3.05) is 13.1 Å². The highest BCUT2D eigenvalue weighted by molar-refractivity contribution is 7.10. The number of carbonyl (C=O) groups is 3. The van der Waals surface area contributed by atoms with E-state index in [4.69, 9.17) is 14.9 Å². The van der Waals surface area contributed by atoms with Gasteiger partial charge in [-0.2, -0.15) is 0 Å². The average molecular weight is 614 g/mol. The zero-order chi connectivity index (χ0) is 31.5. The standard InChI is InChI=1S/C26H25N3O4S.C6H6O.CH4N2/c1-16-11-18(34-15-16)13-27-26(32)21-6-4-10-29(21)24(30)14-28-25(31)17-8-9-23-20(12-17)19-5-2-3-7-22(19)33-23;7-6-4-2-1-3-5-6;2-1-3/h2-3,5,7-9,11-12,15,21H,4,6,10,13-14H2,1H3,(H,27,32)(H,28,31);1-5,7H;1H,(H3,2,3). The quantitative estimate of drug-likeness (QED) is 0.135. The number of hydrogen-bond acceptors (Lipinski definition) is 7. The normalized spacial score (nSPS) is 13.8. The molecule has 0 bridgehead atoms. The van der Waals surface area contributed by atoms with Gasteiger partial charge in [0.25, 0.3) is 5.91 Å². The maximum Gasteiger partial charge on any atom is 0.251 e. The van der Waals surface area contributed by atoms with Crippen molar-refractivity contribution in [2.24, 2.45) is 5.73 Å².